The largest absolute Gasteiger partial charge is 0.507 e. The molecular weight excluding hydrogens is 299 g/mol. The molecule has 0 amide bonds. The Morgan fingerprint density at radius 3 is 2.70 bits per heavy atom. The molecule has 0 aromatic heterocycles. The number of phenolic OH excluding ortho intramolecular Hbond substituents is 1. The van der Waals surface area contributed by atoms with E-state index in [-0.39, 0.29) is 17.9 Å². The van der Waals surface area contributed by atoms with Crippen molar-refractivity contribution < 1.29 is 14.6 Å². The van der Waals surface area contributed by atoms with Crippen LogP contribution < -0.4 is 0 Å². The average Bonchev–Trinajstić information content (AvgIpc) is 2.40. The molecule has 1 N–H and O–H groups in total. The first-order valence-corrected chi connectivity index (χ1v) is 6.64. The highest BCUT2D eigenvalue weighted by Crippen LogP contribution is 2.24. The number of benzene rings is 2. The summed E-state index contributed by atoms with van der Waals surface area (Å²) in [4.78, 5) is 11.9. The van der Waals surface area contributed by atoms with Gasteiger partial charge in [-0.2, -0.15) is 0 Å². The van der Waals surface area contributed by atoms with Crippen molar-refractivity contribution >= 4 is 29.2 Å². The van der Waals surface area contributed by atoms with E-state index in [4.69, 9.17) is 27.9 Å². The smallest absolute Gasteiger partial charge is 0.342 e. The number of carbonyl (C=O) groups excluding carboxylic acids is 1. The van der Waals surface area contributed by atoms with E-state index >= 15 is 0 Å². The predicted molar refractivity (Wildman–Crippen MR) is 78.4 cm³/mol. The summed E-state index contributed by atoms with van der Waals surface area (Å²) in [5.41, 5.74) is 1.40. The van der Waals surface area contributed by atoms with Gasteiger partial charge >= 0.3 is 5.97 Å². The SMILES string of the molecule is Cc1cccc(C(=O)OCc2ccc(Cl)cc2Cl)c1O. The van der Waals surface area contributed by atoms with Crippen LogP contribution in [0.1, 0.15) is 21.5 Å². The van der Waals surface area contributed by atoms with Crippen LogP contribution in [0.2, 0.25) is 10.0 Å². The van der Waals surface area contributed by atoms with Crippen LogP contribution in [0.25, 0.3) is 0 Å². The number of esters is 1. The molecule has 0 aliphatic heterocycles. The molecule has 3 nitrogen and oxygen atoms in total. The van der Waals surface area contributed by atoms with Crippen molar-refractivity contribution in [3.05, 3.63) is 63.1 Å². The monoisotopic (exact) mass is 310 g/mol. The van der Waals surface area contributed by atoms with Crippen molar-refractivity contribution in [2.45, 2.75) is 13.5 Å². The maximum absolute atomic E-state index is 11.9. The molecule has 0 heterocycles. The molecule has 2 aromatic rings. The predicted octanol–water partition coefficient (Wildman–Crippen LogP) is 4.36. The second-order valence-corrected chi connectivity index (χ2v) is 5.13. The number of rotatable bonds is 3. The molecule has 0 saturated carbocycles. The first-order chi connectivity index (χ1) is 9.49. The molecule has 0 saturated heterocycles. The molecule has 0 radical (unpaired) electrons. The van der Waals surface area contributed by atoms with Crippen LogP contribution in [0.4, 0.5) is 0 Å². The lowest BCUT2D eigenvalue weighted by atomic mass is 10.1. The van der Waals surface area contributed by atoms with Gasteiger partial charge in [0.1, 0.15) is 17.9 Å². The quantitative estimate of drug-likeness (QED) is 0.857. The van der Waals surface area contributed by atoms with Gasteiger partial charge in [0.2, 0.25) is 0 Å². The highest BCUT2D eigenvalue weighted by atomic mass is 35.5. The lowest BCUT2D eigenvalue weighted by Crippen LogP contribution is -2.06. The van der Waals surface area contributed by atoms with Gasteiger partial charge in [0.05, 0.1) is 0 Å². The fourth-order valence-electron chi connectivity index (χ4n) is 1.68. The average molecular weight is 311 g/mol. The first kappa shape index (κ1) is 14.7. The third-order valence-electron chi connectivity index (χ3n) is 2.83. The van der Waals surface area contributed by atoms with Crippen LogP contribution in [0.15, 0.2) is 36.4 Å². The Hall–Kier alpha value is -1.71. The number of hydrogen-bond donors (Lipinski definition) is 1. The Morgan fingerprint density at radius 2 is 2.00 bits per heavy atom. The van der Waals surface area contributed by atoms with Gasteiger partial charge in [0.25, 0.3) is 0 Å². The van der Waals surface area contributed by atoms with E-state index in [0.29, 0.717) is 21.2 Å². The van der Waals surface area contributed by atoms with E-state index in [0.717, 1.165) is 0 Å². The minimum Gasteiger partial charge on any atom is -0.507 e. The molecule has 0 unspecified atom stereocenters. The Morgan fingerprint density at radius 1 is 1.25 bits per heavy atom. The van der Waals surface area contributed by atoms with E-state index in [1.54, 1.807) is 37.3 Å². The van der Waals surface area contributed by atoms with Gasteiger partial charge < -0.3 is 9.84 Å². The molecule has 20 heavy (non-hydrogen) atoms. The molecule has 2 aromatic carbocycles. The molecule has 5 heteroatoms. The minimum atomic E-state index is -0.600. The van der Waals surface area contributed by atoms with Crippen molar-refractivity contribution in [1.82, 2.24) is 0 Å². The number of halogens is 2. The third-order valence-corrected chi connectivity index (χ3v) is 3.42. The van der Waals surface area contributed by atoms with Gasteiger partial charge in [-0.25, -0.2) is 4.79 Å². The normalized spacial score (nSPS) is 10.3. The summed E-state index contributed by atoms with van der Waals surface area (Å²) in [6.45, 7) is 1.73. The molecule has 2 rings (SSSR count). The van der Waals surface area contributed by atoms with Crippen molar-refractivity contribution in [2.75, 3.05) is 0 Å². The molecule has 0 fully saturated rings. The van der Waals surface area contributed by atoms with Gasteiger partial charge in [-0.1, -0.05) is 41.4 Å². The summed E-state index contributed by atoms with van der Waals surface area (Å²) in [5.74, 6) is -0.670. The zero-order valence-electron chi connectivity index (χ0n) is 10.7. The molecule has 0 spiro atoms. The van der Waals surface area contributed by atoms with Crippen LogP contribution in [0, 0.1) is 6.92 Å². The number of phenols is 1. The molecule has 0 bridgehead atoms. The molecule has 0 aliphatic carbocycles. The van der Waals surface area contributed by atoms with E-state index in [9.17, 15) is 9.90 Å². The van der Waals surface area contributed by atoms with Crippen LogP contribution in [-0.4, -0.2) is 11.1 Å². The second kappa shape index (κ2) is 6.16. The maximum Gasteiger partial charge on any atom is 0.342 e. The van der Waals surface area contributed by atoms with Gasteiger partial charge in [-0.15, -0.1) is 0 Å². The van der Waals surface area contributed by atoms with Crippen molar-refractivity contribution in [3.63, 3.8) is 0 Å². The third kappa shape index (κ3) is 3.24. The number of para-hydroxylation sites is 1. The number of aromatic hydroxyl groups is 1. The zero-order valence-corrected chi connectivity index (χ0v) is 12.2. The van der Waals surface area contributed by atoms with Crippen molar-refractivity contribution in [2.24, 2.45) is 0 Å². The highest BCUT2D eigenvalue weighted by Gasteiger charge is 2.14. The standard InChI is InChI=1S/C15H12Cl2O3/c1-9-3-2-4-12(14(9)18)15(19)20-8-10-5-6-11(16)7-13(10)17/h2-7,18H,8H2,1H3. The lowest BCUT2D eigenvalue weighted by Gasteiger charge is -2.09. The lowest BCUT2D eigenvalue weighted by molar-refractivity contribution is 0.0469. The Balaban J connectivity index is 2.11. The molecular formula is C15H12Cl2O3. The van der Waals surface area contributed by atoms with E-state index in [1.807, 2.05) is 0 Å². The van der Waals surface area contributed by atoms with E-state index in [1.165, 1.54) is 6.07 Å². The van der Waals surface area contributed by atoms with Crippen LogP contribution in [-0.2, 0) is 11.3 Å². The summed E-state index contributed by atoms with van der Waals surface area (Å²) >= 11 is 11.8. The number of aryl methyl sites for hydroxylation is 1. The molecule has 104 valence electrons. The summed E-state index contributed by atoms with van der Waals surface area (Å²) in [7, 11) is 0. The first-order valence-electron chi connectivity index (χ1n) is 5.88. The second-order valence-electron chi connectivity index (χ2n) is 4.28. The zero-order chi connectivity index (χ0) is 14.7. The Bertz CT molecular complexity index is 654. The fourth-order valence-corrected chi connectivity index (χ4v) is 2.15. The minimum absolute atomic E-state index is 0.0161. The molecule has 0 atom stereocenters. The van der Waals surface area contributed by atoms with Gasteiger partial charge in [-0.3, -0.25) is 0 Å². The van der Waals surface area contributed by atoms with Crippen LogP contribution >= 0.6 is 23.2 Å². The van der Waals surface area contributed by atoms with Gasteiger partial charge in [-0.05, 0) is 30.7 Å². The Kier molecular flexibility index (Phi) is 4.53. The topological polar surface area (TPSA) is 46.5 Å². The van der Waals surface area contributed by atoms with Crippen LogP contribution in [0.3, 0.4) is 0 Å². The van der Waals surface area contributed by atoms with E-state index < -0.39 is 5.97 Å². The number of carbonyl (C=O) groups is 1. The van der Waals surface area contributed by atoms with Gasteiger partial charge in [0.15, 0.2) is 0 Å². The maximum atomic E-state index is 11.9. The Labute approximate surface area is 126 Å². The van der Waals surface area contributed by atoms with Crippen molar-refractivity contribution in [3.8, 4) is 5.75 Å². The van der Waals surface area contributed by atoms with E-state index in [2.05, 4.69) is 0 Å². The highest BCUT2D eigenvalue weighted by molar-refractivity contribution is 6.35. The van der Waals surface area contributed by atoms with Crippen LogP contribution in [0.5, 0.6) is 5.75 Å². The van der Waals surface area contributed by atoms with Gasteiger partial charge in [0, 0.05) is 15.6 Å². The summed E-state index contributed by atoms with van der Waals surface area (Å²) in [6, 6.07) is 9.84. The fraction of sp³-hybridized carbons (Fsp3) is 0.133. The summed E-state index contributed by atoms with van der Waals surface area (Å²) in [6.07, 6.45) is 0. The summed E-state index contributed by atoms with van der Waals surface area (Å²) < 4.78 is 5.14. The molecule has 0 aliphatic rings. The number of hydrogen-bond acceptors (Lipinski definition) is 3. The summed E-state index contributed by atoms with van der Waals surface area (Å²) in [5, 5.41) is 10.8. The number of ether oxygens (including phenoxy) is 1. The van der Waals surface area contributed by atoms with Crippen molar-refractivity contribution in [1.29, 1.82) is 0 Å².